The van der Waals surface area contributed by atoms with E-state index >= 15 is 0 Å². The third-order valence-corrected chi connectivity index (χ3v) is 4.71. The summed E-state index contributed by atoms with van der Waals surface area (Å²) in [6, 6.07) is 7.99. The lowest BCUT2D eigenvalue weighted by Gasteiger charge is -2.23. The fourth-order valence-corrected chi connectivity index (χ4v) is 3.16. The Labute approximate surface area is 151 Å². The minimum Gasteiger partial charge on any atom is -0.370 e. The van der Waals surface area contributed by atoms with Gasteiger partial charge in [-0.2, -0.15) is 5.10 Å². The van der Waals surface area contributed by atoms with Crippen molar-refractivity contribution in [2.75, 3.05) is 39.4 Å². The van der Waals surface area contributed by atoms with Gasteiger partial charge in [0.2, 0.25) is 0 Å². The van der Waals surface area contributed by atoms with Gasteiger partial charge in [-0.1, -0.05) is 34.1 Å². The number of thiocarbonyl (C=S) groups is 1. The summed E-state index contributed by atoms with van der Waals surface area (Å²) in [6.45, 7) is 7.95. The number of quaternary nitrogens is 1. The Morgan fingerprint density at radius 3 is 2.83 bits per heavy atom. The topological polar surface area (TPSA) is 50.1 Å². The van der Waals surface area contributed by atoms with Gasteiger partial charge in [-0.15, -0.1) is 0 Å². The molecule has 7 heteroatoms. The molecule has 1 aliphatic heterocycles. The van der Waals surface area contributed by atoms with Gasteiger partial charge in [0.05, 0.1) is 25.5 Å². The molecule has 23 heavy (non-hydrogen) atoms. The second-order valence-electron chi connectivity index (χ2n) is 5.51. The van der Waals surface area contributed by atoms with Crippen LogP contribution in [0.15, 0.2) is 33.8 Å². The Kier molecular flexibility index (Phi) is 7.94. The van der Waals surface area contributed by atoms with Gasteiger partial charge in [-0.25, -0.2) is 0 Å². The predicted octanol–water partition coefficient (Wildman–Crippen LogP) is 0.942. The van der Waals surface area contributed by atoms with E-state index in [0.29, 0.717) is 5.11 Å². The van der Waals surface area contributed by atoms with Gasteiger partial charge in [0, 0.05) is 23.0 Å². The van der Waals surface area contributed by atoms with Crippen LogP contribution in [0.2, 0.25) is 0 Å². The number of nitrogens with zero attached hydrogens (tertiary/aromatic N) is 1. The molecule has 0 aliphatic carbocycles. The van der Waals surface area contributed by atoms with Crippen molar-refractivity contribution >= 4 is 39.0 Å². The maximum absolute atomic E-state index is 5.36. The van der Waals surface area contributed by atoms with E-state index in [4.69, 9.17) is 17.0 Å². The lowest BCUT2D eigenvalue weighted by atomic mass is 10.1. The zero-order valence-electron chi connectivity index (χ0n) is 13.4. The molecule has 2 rings (SSSR count). The van der Waals surface area contributed by atoms with Crippen LogP contribution in [0.4, 0.5) is 0 Å². The Hall–Kier alpha value is -1.02. The molecule has 1 saturated heterocycles. The highest BCUT2D eigenvalue weighted by Crippen LogP contribution is 2.16. The van der Waals surface area contributed by atoms with Gasteiger partial charge in [0.25, 0.3) is 0 Å². The zero-order valence-corrected chi connectivity index (χ0v) is 15.8. The van der Waals surface area contributed by atoms with Crippen molar-refractivity contribution in [1.82, 2.24) is 10.7 Å². The molecule has 0 bridgehead atoms. The van der Waals surface area contributed by atoms with Crippen LogP contribution in [0.25, 0.3) is 0 Å². The highest BCUT2D eigenvalue weighted by molar-refractivity contribution is 9.10. The molecule has 1 aromatic rings. The number of hydrogen-bond donors (Lipinski definition) is 3. The van der Waals surface area contributed by atoms with Crippen LogP contribution < -0.4 is 15.6 Å². The Bertz CT molecular complexity index is 547. The van der Waals surface area contributed by atoms with E-state index in [1.165, 1.54) is 0 Å². The molecule has 0 radical (unpaired) electrons. The van der Waals surface area contributed by atoms with Gasteiger partial charge in [-0.05, 0) is 25.2 Å². The third-order valence-electron chi connectivity index (χ3n) is 3.78. The van der Waals surface area contributed by atoms with E-state index in [1.807, 2.05) is 31.2 Å². The number of hydrazone groups is 1. The van der Waals surface area contributed by atoms with Crippen LogP contribution in [0.3, 0.4) is 0 Å². The van der Waals surface area contributed by atoms with Crippen molar-refractivity contribution in [2.45, 2.75) is 13.3 Å². The first kappa shape index (κ1) is 18.3. The maximum Gasteiger partial charge on any atom is 0.186 e. The van der Waals surface area contributed by atoms with Crippen LogP contribution in [0.1, 0.15) is 18.9 Å². The highest BCUT2D eigenvalue weighted by Gasteiger charge is 2.12. The van der Waals surface area contributed by atoms with Crippen LogP contribution in [0, 0.1) is 0 Å². The molecule has 1 heterocycles. The molecule has 1 aliphatic rings. The predicted molar refractivity (Wildman–Crippen MR) is 101 cm³/mol. The molecule has 0 amide bonds. The van der Waals surface area contributed by atoms with Gasteiger partial charge in [0.15, 0.2) is 5.11 Å². The van der Waals surface area contributed by atoms with Crippen molar-refractivity contribution < 1.29 is 9.64 Å². The maximum atomic E-state index is 5.36. The second-order valence-corrected chi connectivity index (χ2v) is 6.77. The zero-order chi connectivity index (χ0) is 16.5. The smallest absolute Gasteiger partial charge is 0.186 e. The third kappa shape index (κ3) is 6.55. The number of halogens is 1. The van der Waals surface area contributed by atoms with Crippen LogP contribution in [0.5, 0.6) is 0 Å². The van der Waals surface area contributed by atoms with Crippen molar-refractivity contribution in [1.29, 1.82) is 0 Å². The van der Waals surface area contributed by atoms with Gasteiger partial charge >= 0.3 is 0 Å². The van der Waals surface area contributed by atoms with E-state index in [0.717, 1.165) is 61.6 Å². The summed E-state index contributed by atoms with van der Waals surface area (Å²) >= 11 is 8.78. The fourth-order valence-electron chi connectivity index (χ4n) is 2.44. The van der Waals surface area contributed by atoms with E-state index in [2.05, 4.69) is 31.8 Å². The molecule has 0 atom stereocenters. The summed E-state index contributed by atoms with van der Waals surface area (Å²) in [4.78, 5) is 1.61. The summed E-state index contributed by atoms with van der Waals surface area (Å²) in [5.74, 6) is 0. The average molecular weight is 400 g/mol. The number of rotatable bonds is 6. The first-order valence-electron chi connectivity index (χ1n) is 7.91. The van der Waals surface area contributed by atoms with Gasteiger partial charge < -0.3 is 15.0 Å². The standard InChI is InChI=1S/C16H23BrN4OS/c1-13(14-5-2-3-6-15(14)17)19-20-16(23)18-7-4-8-21-9-11-22-12-10-21/h2-3,5-6H,4,7-12H2,1H3,(H2,18,20,23)/p+1/b19-13-. The van der Waals surface area contributed by atoms with E-state index < -0.39 is 0 Å². The lowest BCUT2D eigenvalue weighted by molar-refractivity contribution is -0.908. The molecule has 1 fully saturated rings. The molecule has 0 saturated carbocycles. The molecule has 1 aromatic carbocycles. The highest BCUT2D eigenvalue weighted by atomic mass is 79.9. The molecule has 5 nitrogen and oxygen atoms in total. The number of hydrogen-bond acceptors (Lipinski definition) is 3. The van der Waals surface area contributed by atoms with Gasteiger partial charge in [0.1, 0.15) is 13.1 Å². The molecule has 0 spiro atoms. The van der Waals surface area contributed by atoms with Crippen molar-refractivity contribution in [3.63, 3.8) is 0 Å². The Balaban J connectivity index is 1.66. The van der Waals surface area contributed by atoms with Crippen molar-refractivity contribution in [2.24, 2.45) is 5.10 Å². The largest absolute Gasteiger partial charge is 0.370 e. The van der Waals surface area contributed by atoms with Crippen LogP contribution in [-0.4, -0.2) is 50.2 Å². The van der Waals surface area contributed by atoms with Gasteiger partial charge in [-0.3, -0.25) is 5.43 Å². The van der Waals surface area contributed by atoms with Crippen LogP contribution in [-0.2, 0) is 4.74 Å². The Morgan fingerprint density at radius 1 is 1.35 bits per heavy atom. The van der Waals surface area contributed by atoms with E-state index in [-0.39, 0.29) is 0 Å². The second kappa shape index (κ2) is 9.97. The van der Waals surface area contributed by atoms with Crippen molar-refractivity contribution in [3.05, 3.63) is 34.3 Å². The SMILES string of the molecule is C/C(=N/NC(=S)NCCC[NH+]1CCOCC1)c1ccccc1Br. The number of ether oxygens (including phenoxy) is 1. The number of benzene rings is 1. The monoisotopic (exact) mass is 399 g/mol. The van der Waals surface area contributed by atoms with Crippen molar-refractivity contribution in [3.8, 4) is 0 Å². The molecular weight excluding hydrogens is 376 g/mol. The van der Waals surface area contributed by atoms with E-state index in [9.17, 15) is 0 Å². The fraction of sp³-hybridized carbons (Fsp3) is 0.500. The number of nitrogens with one attached hydrogen (secondary N) is 3. The summed E-state index contributed by atoms with van der Waals surface area (Å²) < 4.78 is 6.38. The minimum absolute atomic E-state index is 0.563. The molecule has 3 N–H and O–H groups in total. The normalized spacial score (nSPS) is 16.2. The molecule has 0 aromatic heterocycles. The molecule has 126 valence electrons. The summed E-state index contributed by atoms with van der Waals surface area (Å²) in [5, 5.41) is 8.10. The summed E-state index contributed by atoms with van der Waals surface area (Å²) in [5.41, 5.74) is 4.85. The average Bonchev–Trinajstić information content (AvgIpc) is 2.58. The molecule has 0 unspecified atom stereocenters. The first-order valence-corrected chi connectivity index (χ1v) is 9.11. The minimum atomic E-state index is 0.563. The quantitative estimate of drug-likeness (QED) is 0.288. The summed E-state index contributed by atoms with van der Waals surface area (Å²) in [7, 11) is 0. The summed E-state index contributed by atoms with van der Waals surface area (Å²) in [6.07, 6.45) is 1.09. The van der Waals surface area contributed by atoms with E-state index in [1.54, 1.807) is 4.90 Å². The lowest BCUT2D eigenvalue weighted by Crippen LogP contribution is -3.14. The van der Waals surface area contributed by atoms with Crippen LogP contribution >= 0.6 is 28.1 Å². The number of morpholine rings is 1. The molecular formula is C16H24BrN4OS+. The first-order chi connectivity index (χ1) is 11.2. The Morgan fingerprint density at radius 2 is 2.09 bits per heavy atom.